The lowest BCUT2D eigenvalue weighted by Crippen LogP contribution is -2.36. The van der Waals surface area contributed by atoms with Gasteiger partial charge in [-0.2, -0.15) is 0 Å². The zero-order chi connectivity index (χ0) is 22.9. The highest BCUT2D eigenvalue weighted by Gasteiger charge is 2.34. The quantitative estimate of drug-likeness (QED) is 0.566. The summed E-state index contributed by atoms with van der Waals surface area (Å²) in [6.45, 7) is 0.402. The van der Waals surface area contributed by atoms with Crippen molar-refractivity contribution >= 4 is 12.4 Å². The number of hydrogen-bond donors (Lipinski definition) is 2. The third-order valence-corrected chi connectivity index (χ3v) is 5.33. The van der Waals surface area contributed by atoms with Gasteiger partial charge in [0.25, 0.3) is 6.47 Å². The third kappa shape index (κ3) is 5.79. The molecule has 2 heterocycles. The molecule has 3 aromatic rings. The first kappa shape index (κ1) is 23.1. The van der Waals surface area contributed by atoms with E-state index < -0.39 is 6.04 Å². The minimum Gasteiger partial charge on any atom is -0.483 e. The second-order valence-corrected chi connectivity index (χ2v) is 7.55. The van der Waals surface area contributed by atoms with Gasteiger partial charge in [0.05, 0.1) is 0 Å². The Labute approximate surface area is 185 Å². The molecule has 4 rings (SSSR count). The van der Waals surface area contributed by atoms with E-state index in [-0.39, 0.29) is 30.7 Å². The minimum atomic E-state index is -0.440. The molecular weight excluding hydrogens is 413 g/mol. The van der Waals surface area contributed by atoms with Crippen molar-refractivity contribution in [1.29, 1.82) is 0 Å². The third-order valence-electron chi connectivity index (χ3n) is 5.33. The summed E-state index contributed by atoms with van der Waals surface area (Å²) in [7, 11) is 0. The molecule has 0 aliphatic carbocycles. The number of halogens is 1. The second-order valence-electron chi connectivity index (χ2n) is 7.55. The van der Waals surface area contributed by atoms with Gasteiger partial charge in [-0.3, -0.25) is 9.59 Å². The van der Waals surface area contributed by atoms with Gasteiger partial charge >= 0.3 is 0 Å². The number of nitrogens with two attached hydrogens (primary N) is 1. The van der Waals surface area contributed by atoms with E-state index in [1.54, 1.807) is 29.4 Å². The topological polar surface area (TPSA) is 110 Å². The Kier molecular flexibility index (Phi) is 8.10. The Balaban J connectivity index is 0.000000913. The van der Waals surface area contributed by atoms with Crippen LogP contribution in [0.2, 0.25) is 0 Å². The van der Waals surface area contributed by atoms with Crippen molar-refractivity contribution in [2.24, 2.45) is 5.73 Å². The number of carbonyl (C=O) groups excluding carboxylic acids is 1. The summed E-state index contributed by atoms with van der Waals surface area (Å²) >= 11 is 0. The fourth-order valence-electron chi connectivity index (χ4n) is 3.86. The van der Waals surface area contributed by atoms with E-state index in [2.05, 4.69) is 4.98 Å². The van der Waals surface area contributed by atoms with Crippen molar-refractivity contribution in [2.75, 3.05) is 6.54 Å². The summed E-state index contributed by atoms with van der Waals surface area (Å²) in [5, 5.41) is 6.89. The Morgan fingerprint density at radius 2 is 1.94 bits per heavy atom. The Bertz CT molecular complexity index is 1020. The van der Waals surface area contributed by atoms with Crippen LogP contribution >= 0.6 is 0 Å². The maximum absolute atomic E-state index is 13.8. The van der Waals surface area contributed by atoms with Crippen LogP contribution in [0.25, 0.3) is 11.3 Å². The number of carboxylic acid groups (broad SMARTS) is 1. The number of oxazole rings is 1. The number of rotatable bonds is 6. The molecule has 1 aromatic heterocycles. The number of nitrogens with zero attached hydrogens (tertiary/aromatic N) is 2. The smallest absolute Gasteiger partial charge is 0.290 e. The lowest BCUT2D eigenvalue weighted by Gasteiger charge is -2.24. The highest BCUT2D eigenvalue weighted by molar-refractivity contribution is 5.77. The van der Waals surface area contributed by atoms with E-state index in [0.717, 1.165) is 24.1 Å². The van der Waals surface area contributed by atoms with E-state index in [1.165, 1.54) is 6.07 Å². The molecule has 8 heteroatoms. The zero-order valence-electron chi connectivity index (χ0n) is 17.6. The Morgan fingerprint density at radius 1 is 1.25 bits per heavy atom. The summed E-state index contributed by atoms with van der Waals surface area (Å²) in [5.41, 5.74) is 8.42. The summed E-state index contributed by atoms with van der Waals surface area (Å²) in [6, 6.07) is 15.7. The van der Waals surface area contributed by atoms with Crippen LogP contribution in [0, 0.1) is 5.82 Å². The SMILES string of the molecule is N[C@@H](CC(=O)N1CCC[C@H]1c1nc(-c2ccccc2)co1)Cc1ccccc1F.O=CO. The number of aromatic nitrogens is 1. The summed E-state index contributed by atoms with van der Waals surface area (Å²) < 4.78 is 19.6. The highest BCUT2D eigenvalue weighted by Crippen LogP contribution is 2.33. The molecule has 7 nitrogen and oxygen atoms in total. The van der Waals surface area contributed by atoms with Crippen LogP contribution < -0.4 is 5.73 Å². The number of hydrogen-bond acceptors (Lipinski definition) is 5. The molecule has 1 amide bonds. The fraction of sp³-hybridized carbons (Fsp3) is 0.292. The lowest BCUT2D eigenvalue weighted by molar-refractivity contribution is -0.133. The summed E-state index contributed by atoms with van der Waals surface area (Å²) in [4.78, 5) is 27.6. The van der Waals surface area contributed by atoms with E-state index in [9.17, 15) is 9.18 Å². The van der Waals surface area contributed by atoms with Crippen molar-refractivity contribution in [3.8, 4) is 11.3 Å². The van der Waals surface area contributed by atoms with Gasteiger partial charge in [-0.05, 0) is 30.9 Å². The highest BCUT2D eigenvalue weighted by atomic mass is 19.1. The van der Waals surface area contributed by atoms with Gasteiger partial charge in [0.2, 0.25) is 11.8 Å². The van der Waals surface area contributed by atoms with E-state index >= 15 is 0 Å². The van der Waals surface area contributed by atoms with E-state index in [0.29, 0.717) is 24.4 Å². The van der Waals surface area contributed by atoms with Crippen molar-refractivity contribution in [1.82, 2.24) is 9.88 Å². The van der Waals surface area contributed by atoms with Gasteiger partial charge in [0.1, 0.15) is 23.8 Å². The predicted molar refractivity (Wildman–Crippen MR) is 117 cm³/mol. The largest absolute Gasteiger partial charge is 0.483 e. The number of carbonyl (C=O) groups is 2. The first-order valence-corrected chi connectivity index (χ1v) is 10.4. The molecule has 1 fully saturated rings. The predicted octanol–water partition coefficient (Wildman–Crippen LogP) is 3.81. The maximum atomic E-state index is 13.8. The van der Waals surface area contributed by atoms with Gasteiger partial charge in [-0.1, -0.05) is 48.5 Å². The van der Waals surface area contributed by atoms with Gasteiger partial charge in [0.15, 0.2) is 0 Å². The van der Waals surface area contributed by atoms with Gasteiger partial charge in [0, 0.05) is 24.6 Å². The van der Waals surface area contributed by atoms with Gasteiger partial charge in [-0.15, -0.1) is 0 Å². The van der Waals surface area contributed by atoms with Crippen molar-refractivity contribution in [2.45, 2.75) is 37.8 Å². The molecular formula is C24H26FN3O4. The van der Waals surface area contributed by atoms with Crippen molar-refractivity contribution < 1.29 is 23.5 Å². The second kappa shape index (κ2) is 11.2. The van der Waals surface area contributed by atoms with Crippen LogP contribution in [-0.2, 0) is 16.0 Å². The molecule has 2 atom stereocenters. The molecule has 1 aliphatic heterocycles. The standard InChI is InChI=1S/C23H24FN3O2.CH2O2/c24-19-10-5-4-9-17(19)13-18(25)14-22(28)27-12-6-11-21(27)23-26-20(15-29-23)16-7-2-1-3-8-16;2-1-3/h1-5,7-10,15,18,21H,6,11-14,25H2;1H,(H,2,3)/t18-,21+;/m1./s1. The maximum Gasteiger partial charge on any atom is 0.290 e. The van der Waals surface area contributed by atoms with E-state index in [1.807, 2.05) is 30.3 Å². The van der Waals surface area contributed by atoms with Crippen LogP contribution in [0.4, 0.5) is 4.39 Å². The molecule has 0 bridgehead atoms. The molecule has 0 saturated carbocycles. The summed E-state index contributed by atoms with van der Waals surface area (Å²) in [5.74, 6) is 0.218. The van der Waals surface area contributed by atoms with Crippen molar-refractivity contribution in [3.63, 3.8) is 0 Å². The Hall–Kier alpha value is -3.52. The lowest BCUT2D eigenvalue weighted by atomic mass is 10.0. The summed E-state index contributed by atoms with van der Waals surface area (Å²) in [6.07, 6.45) is 3.83. The monoisotopic (exact) mass is 439 g/mol. The molecule has 168 valence electrons. The van der Waals surface area contributed by atoms with Crippen LogP contribution in [0.5, 0.6) is 0 Å². The first-order valence-electron chi connectivity index (χ1n) is 10.4. The number of likely N-dealkylation sites (tertiary alicyclic amines) is 1. The molecule has 3 N–H and O–H groups in total. The molecule has 0 radical (unpaired) electrons. The molecule has 32 heavy (non-hydrogen) atoms. The molecule has 0 unspecified atom stereocenters. The Morgan fingerprint density at radius 3 is 2.66 bits per heavy atom. The van der Waals surface area contributed by atoms with Crippen LogP contribution in [0.1, 0.15) is 36.8 Å². The van der Waals surface area contributed by atoms with E-state index in [4.69, 9.17) is 20.1 Å². The van der Waals surface area contributed by atoms with Gasteiger partial charge in [-0.25, -0.2) is 9.37 Å². The molecule has 2 aromatic carbocycles. The first-order chi connectivity index (χ1) is 15.5. The normalized spacial score (nSPS) is 16.2. The van der Waals surface area contributed by atoms with Crippen LogP contribution in [0.3, 0.4) is 0 Å². The average Bonchev–Trinajstić information content (AvgIpc) is 3.46. The number of benzene rings is 2. The van der Waals surface area contributed by atoms with Crippen LogP contribution in [0.15, 0.2) is 65.3 Å². The fourth-order valence-corrected chi connectivity index (χ4v) is 3.86. The zero-order valence-corrected chi connectivity index (χ0v) is 17.6. The van der Waals surface area contributed by atoms with Gasteiger partial charge < -0.3 is 20.2 Å². The number of amides is 1. The minimum absolute atomic E-state index is 0.0456. The van der Waals surface area contributed by atoms with Crippen LogP contribution in [-0.4, -0.2) is 40.0 Å². The van der Waals surface area contributed by atoms with Crippen molar-refractivity contribution in [3.05, 3.63) is 78.1 Å². The average molecular weight is 439 g/mol. The molecule has 1 saturated heterocycles. The molecule has 0 spiro atoms. The molecule has 1 aliphatic rings.